The van der Waals surface area contributed by atoms with Gasteiger partial charge < -0.3 is 9.64 Å². The average molecular weight is 260 g/mol. The molecule has 0 saturated carbocycles. The smallest absolute Gasteiger partial charge is 0.0668 e. The predicted molar refractivity (Wildman–Crippen MR) is 68.6 cm³/mol. The Balaban J connectivity index is 2.25. The summed E-state index contributed by atoms with van der Waals surface area (Å²) in [6.07, 6.45) is 0. The maximum absolute atomic E-state index is 6.27. The van der Waals surface area contributed by atoms with Gasteiger partial charge in [-0.3, -0.25) is 0 Å². The lowest BCUT2D eigenvalue weighted by Crippen LogP contribution is -2.43. The van der Waals surface area contributed by atoms with Crippen LogP contribution < -0.4 is 4.90 Å². The summed E-state index contributed by atoms with van der Waals surface area (Å²) in [5.41, 5.74) is 2.13. The van der Waals surface area contributed by atoms with E-state index in [4.69, 9.17) is 27.9 Å². The minimum Gasteiger partial charge on any atom is -0.377 e. The Labute approximate surface area is 106 Å². The second-order valence-corrected chi connectivity index (χ2v) is 4.71. The van der Waals surface area contributed by atoms with Crippen LogP contribution in [-0.4, -0.2) is 25.8 Å². The number of anilines is 1. The van der Waals surface area contributed by atoms with E-state index in [1.165, 1.54) is 0 Å². The van der Waals surface area contributed by atoms with E-state index in [-0.39, 0.29) is 0 Å². The van der Waals surface area contributed by atoms with Crippen LogP contribution in [0.15, 0.2) is 18.2 Å². The molecule has 0 aromatic heterocycles. The minimum atomic E-state index is 0.369. The largest absolute Gasteiger partial charge is 0.377 e. The first kappa shape index (κ1) is 12.0. The summed E-state index contributed by atoms with van der Waals surface area (Å²) in [6, 6.07) is 6.37. The SMILES string of the molecule is CC1COCCN1c1ccc(CCl)cc1Cl. The highest BCUT2D eigenvalue weighted by atomic mass is 35.5. The summed E-state index contributed by atoms with van der Waals surface area (Å²) in [5, 5.41) is 0.770. The fraction of sp³-hybridized carbons (Fsp3) is 0.500. The molecule has 1 aromatic rings. The molecule has 0 aliphatic carbocycles. The summed E-state index contributed by atoms with van der Waals surface area (Å²) in [4.78, 5) is 2.28. The van der Waals surface area contributed by atoms with Crippen LogP contribution in [0, 0.1) is 0 Å². The minimum absolute atomic E-state index is 0.369. The zero-order valence-electron chi connectivity index (χ0n) is 9.25. The molecule has 1 aliphatic heterocycles. The summed E-state index contributed by atoms with van der Waals surface area (Å²) >= 11 is 12.0. The van der Waals surface area contributed by atoms with Gasteiger partial charge in [0.1, 0.15) is 0 Å². The highest BCUT2D eigenvalue weighted by Gasteiger charge is 2.20. The molecule has 0 amide bonds. The molecule has 1 unspecified atom stereocenters. The van der Waals surface area contributed by atoms with Gasteiger partial charge in [-0.05, 0) is 24.6 Å². The molecule has 0 radical (unpaired) electrons. The van der Waals surface area contributed by atoms with Crippen molar-refractivity contribution in [2.24, 2.45) is 0 Å². The monoisotopic (exact) mass is 259 g/mol. The Kier molecular flexibility index (Phi) is 3.95. The first-order chi connectivity index (χ1) is 7.72. The van der Waals surface area contributed by atoms with E-state index in [1.54, 1.807) is 0 Å². The molecule has 1 heterocycles. The van der Waals surface area contributed by atoms with E-state index in [0.29, 0.717) is 11.9 Å². The van der Waals surface area contributed by atoms with Gasteiger partial charge in [-0.15, -0.1) is 11.6 Å². The number of ether oxygens (including phenoxy) is 1. The van der Waals surface area contributed by atoms with Crippen LogP contribution in [0.1, 0.15) is 12.5 Å². The van der Waals surface area contributed by atoms with Crippen LogP contribution in [-0.2, 0) is 10.6 Å². The van der Waals surface area contributed by atoms with Crippen molar-refractivity contribution in [3.05, 3.63) is 28.8 Å². The lowest BCUT2D eigenvalue weighted by molar-refractivity contribution is 0.0989. The molecule has 2 nitrogen and oxygen atoms in total. The van der Waals surface area contributed by atoms with Crippen molar-refractivity contribution in [1.82, 2.24) is 0 Å². The number of hydrogen-bond donors (Lipinski definition) is 0. The molecule has 0 spiro atoms. The Morgan fingerprint density at radius 1 is 1.50 bits per heavy atom. The molecule has 1 aromatic carbocycles. The molecule has 4 heteroatoms. The lowest BCUT2D eigenvalue weighted by atomic mass is 10.1. The van der Waals surface area contributed by atoms with E-state index in [0.717, 1.165) is 36.0 Å². The Bertz CT molecular complexity index is 370. The third-order valence-electron chi connectivity index (χ3n) is 2.84. The fourth-order valence-electron chi connectivity index (χ4n) is 1.95. The number of morpholine rings is 1. The summed E-state index contributed by atoms with van der Waals surface area (Å²) in [7, 11) is 0. The fourth-order valence-corrected chi connectivity index (χ4v) is 2.43. The van der Waals surface area contributed by atoms with Gasteiger partial charge >= 0.3 is 0 Å². The van der Waals surface area contributed by atoms with Crippen molar-refractivity contribution in [2.45, 2.75) is 18.8 Å². The van der Waals surface area contributed by atoms with E-state index < -0.39 is 0 Å². The second kappa shape index (κ2) is 5.26. The Morgan fingerprint density at radius 2 is 2.31 bits per heavy atom. The number of hydrogen-bond acceptors (Lipinski definition) is 2. The summed E-state index contributed by atoms with van der Waals surface area (Å²) < 4.78 is 5.41. The standard InChI is InChI=1S/C12H15Cl2NO/c1-9-8-16-5-4-15(9)12-3-2-10(7-13)6-11(12)14/h2-3,6,9H,4-5,7-8H2,1H3. The third kappa shape index (κ3) is 2.45. The van der Waals surface area contributed by atoms with Crippen molar-refractivity contribution in [2.75, 3.05) is 24.7 Å². The molecular weight excluding hydrogens is 245 g/mol. The Morgan fingerprint density at radius 3 is 2.94 bits per heavy atom. The predicted octanol–water partition coefficient (Wildman–Crippen LogP) is 3.30. The van der Waals surface area contributed by atoms with E-state index in [1.807, 2.05) is 18.2 Å². The van der Waals surface area contributed by atoms with E-state index in [2.05, 4.69) is 11.8 Å². The van der Waals surface area contributed by atoms with Gasteiger partial charge in [0.05, 0.1) is 23.9 Å². The number of nitrogens with zero attached hydrogens (tertiary/aromatic N) is 1. The zero-order chi connectivity index (χ0) is 11.5. The third-order valence-corrected chi connectivity index (χ3v) is 3.45. The van der Waals surface area contributed by atoms with Crippen LogP contribution in [0.25, 0.3) is 0 Å². The Hall–Kier alpha value is -0.440. The van der Waals surface area contributed by atoms with Gasteiger partial charge in [-0.1, -0.05) is 17.7 Å². The van der Waals surface area contributed by atoms with Crippen molar-refractivity contribution >= 4 is 28.9 Å². The molecule has 1 saturated heterocycles. The van der Waals surface area contributed by atoms with Crippen LogP contribution in [0.2, 0.25) is 5.02 Å². The van der Waals surface area contributed by atoms with Crippen molar-refractivity contribution in [1.29, 1.82) is 0 Å². The molecule has 2 rings (SSSR count). The first-order valence-corrected chi connectivity index (χ1v) is 6.32. The van der Waals surface area contributed by atoms with E-state index in [9.17, 15) is 0 Å². The highest BCUT2D eigenvalue weighted by Crippen LogP contribution is 2.29. The average Bonchev–Trinajstić information content (AvgIpc) is 2.30. The van der Waals surface area contributed by atoms with Gasteiger partial charge in [0.25, 0.3) is 0 Å². The maximum atomic E-state index is 6.27. The zero-order valence-corrected chi connectivity index (χ0v) is 10.8. The van der Waals surface area contributed by atoms with Crippen molar-refractivity contribution < 1.29 is 4.74 Å². The number of alkyl halides is 1. The van der Waals surface area contributed by atoms with Crippen LogP contribution >= 0.6 is 23.2 Å². The van der Waals surface area contributed by atoms with Gasteiger partial charge in [0, 0.05) is 18.5 Å². The van der Waals surface area contributed by atoms with Crippen LogP contribution in [0.5, 0.6) is 0 Å². The first-order valence-electron chi connectivity index (χ1n) is 5.41. The molecule has 1 aliphatic rings. The molecule has 16 heavy (non-hydrogen) atoms. The normalized spacial score (nSPS) is 21.2. The number of rotatable bonds is 2. The second-order valence-electron chi connectivity index (χ2n) is 4.04. The number of halogens is 2. The van der Waals surface area contributed by atoms with Crippen LogP contribution in [0.3, 0.4) is 0 Å². The lowest BCUT2D eigenvalue weighted by Gasteiger charge is -2.35. The van der Waals surface area contributed by atoms with Crippen LogP contribution in [0.4, 0.5) is 5.69 Å². The van der Waals surface area contributed by atoms with Gasteiger partial charge in [0.2, 0.25) is 0 Å². The van der Waals surface area contributed by atoms with Gasteiger partial charge in [-0.2, -0.15) is 0 Å². The maximum Gasteiger partial charge on any atom is 0.0668 e. The van der Waals surface area contributed by atoms with E-state index >= 15 is 0 Å². The molecular formula is C12H15Cl2NO. The molecule has 88 valence electrons. The summed E-state index contributed by atoms with van der Waals surface area (Å²) in [6.45, 7) is 4.55. The van der Waals surface area contributed by atoms with Gasteiger partial charge in [0.15, 0.2) is 0 Å². The topological polar surface area (TPSA) is 12.5 Å². The molecule has 1 fully saturated rings. The molecule has 0 bridgehead atoms. The highest BCUT2D eigenvalue weighted by molar-refractivity contribution is 6.33. The number of benzene rings is 1. The van der Waals surface area contributed by atoms with Crippen molar-refractivity contribution in [3.8, 4) is 0 Å². The quantitative estimate of drug-likeness (QED) is 0.756. The van der Waals surface area contributed by atoms with Gasteiger partial charge in [-0.25, -0.2) is 0 Å². The molecule has 0 N–H and O–H groups in total. The summed E-state index contributed by atoms with van der Waals surface area (Å²) in [5.74, 6) is 0.499. The van der Waals surface area contributed by atoms with Crippen molar-refractivity contribution in [3.63, 3.8) is 0 Å². The molecule has 1 atom stereocenters.